The molecule has 4 aliphatic rings. The molecule has 0 radical (unpaired) electrons. The number of nitrogens with zero attached hydrogens (tertiary/aromatic N) is 3. The highest BCUT2D eigenvalue weighted by Gasteiger charge is 2.31. The Morgan fingerprint density at radius 2 is 1.00 bits per heavy atom. The van der Waals surface area contributed by atoms with Crippen LogP contribution in [0.4, 0.5) is 0 Å². The minimum atomic E-state index is -0.464. The third kappa shape index (κ3) is 10.8. The minimum absolute atomic E-state index is 0.139. The second-order valence-corrected chi connectivity index (χ2v) is 21.4. The fourth-order valence-corrected chi connectivity index (χ4v) is 11.5. The molecule has 0 fully saturated rings. The van der Waals surface area contributed by atoms with E-state index in [1.54, 1.807) is 0 Å². The number of hydrogen-bond donors (Lipinski definition) is 2. The average Bonchev–Trinajstić information content (AvgIpc) is 3.77. The van der Waals surface area contributed by atoms with Gasteiger partial charge < -0.3 is 10.6 Å². The van der Waals surface area contributed by atoms with Crippen molar-refractivity contribution in [2.45, 2.75) is 50.2 Å². The van der Waals surface area contributed by atoms with Crippen LogP contribution in [0.1, 0.15) is 94.8 Å². The van der Waals surface area contributed by atoms with Crippen LogP contribution in [0.15, 0.2) is 294 Å². The Morgan fingerprint density at radius 3 is 1.70 bits per heavy atom. The fourth-order valence-electron chi connectivity index (χ4n) is 11.5. The van der Waals surface area contributed by atoms with Crippen molar-refractivity contribution in [1.82, 2.24) is 10.6 Å². The summed E-state index contributed by atoms with van der Waals surface area (Å²) in [6.45, 7) is 2.31. The van der Waals surface area contributed by atoms with Crippen LogP contribution >= 0.6 is 0 Å². The first-order chi connectivity index (χ1) is 39.4. The van der Waals surface area contributed by atoms with E-state index in [9.17, 15) is 0 Å². The number of amidine groups is 3. The summed E-state index contributed by atoms with van der Waals surface area (Å²) in [7, 11) is 0. The van der Waals surface area contributed by atoms with E-state index in [0.29, 0.717) is 5.84 Å². The van der Waals surface area contributed by atoms with Crippen molar-refractivity contribution in [3.63, 3.8) is 0 Å². The van der Waals surface area contributed by atoms with Gasteiger partial charge in [-0.3, -0.25) is 0 Å². The summed E-state index contributed by atoms with van der Waals surface area (Å²) in [5, 5.41) is 7.80. The molecule has 2 aliphatic heterocycles. The maximum Gasteiger partial charge on any atom is 0.159 e. The van der Waals surface area contributed by atoms with Gasteiger partial charge in [0, 0.05) is 28.2 Å². The maximum absolute atomic E-state index is 5.55. The van der Waals surface area contributed by atoms with Crippen LogP contribution in [-0.2, 0) is 5.54 Å². The second kappa shape index (κ2) is 22.3. The SMILES string of the molecule is CC1(c2cccc(-c3ccccc3)c2)CC=C(c2cccc(-c3ccccc3)c2)N=C(c2cccc(C3C=CC=C(c4cccc(C5=NC(c6cccc(C7=CCCC=C7)c6)NC(c6cccc(-c7ccccc7)c6)=N5)c4)C3)c2)N1. The molecule has 0 saturated carbocycles. The molecule has 2 N–H and O–H groups in total. The Balaban J connectivity index is 0.817. The molecule has 80 heavy (non-hydrogen) atoms. The van der Waals surface area contributed by atoms with Crippen LogP contribution in [0.25, 0.3) is 50.2 Å². The largest absolute Gasteiger partial charge is 0.360 e. The van der Waals surface area contributed by atoms with Crippen molar-refractivity contribution in [1.29, 1.82) is 0 Å². The summed E-state index contributed by atoms with van der Waals surface area (Å²) in [6.07, 6.45) is 19.3. The van der Waals surface area contributed by atoms with Crippen molar-refractivity contribution in [2.24, 2.45) is 15.0 Å². The molecule has 9 aromatic carbocycles. The van der Waals surface area contributed by atoms with E-state index in [-0.39, 0.29) is 12.1 Å². The lowest BCUT2D eigenvalue weighted by Crippen LogP contribution is -2.43. The monoisotopic (exact) mass is 1030 g/mol. The lowest BCUT2D eigenvalue weighted by Gasteiger charge is -2.32. The van der Waals surface area contributed by atoms with E-state index in [1.165, 1.54) is 50.1 Å². The van der Waals surface area contributed by atoms with Crippen molar-refractivity contribution in [3.05, 3.63) is 329 Å². The fraction of sp³-hybridized carbons (Fsp3) is 0.107. The van der Waals surface area contributed by atoms with Crippen LogP contribution < -0.4 is 10.6 Å². The highest BCUT2D eigenvalue weighted by atomic mass is 15.2. The predicted molar refractivity (Wildman–Crippen MR) is 334 cm³/mol. The smallest absolute Gasteiger partial charge is 0.159 e. The summed E-state index contributed by atoms with van der Waals surface area (Å²) in [5.41, 5.74) is 20.0. The van der Waals surface area contributed by atoms with Gasteiger partial charge in [-0.25, -0.2) is 15.0 Å². The number of aliphatic imine (C=N–C) groups is 3. The minimum Gasteiger partial charge on any atom is -0.360 e. The van der Waals surface area contributed by atoms with Gasteiger partial charge in [-0.05, 0) is 141 Å². The van der Waals surface area contributed by atoms with E-state index in [1.807, 2.05) is 0 Å². The highest BCUT2D eigenvalue weighted by Crippen LogP contribution is 2.38. The van der Waals surface area contributed by atoms with Gasteiger partial charge in [-0.15, -0.1) is 0 Å². The summed E-state index contributed by atoms with van der Waals surface area (Å²) in [4.78, 5) is 16.3. The van der Waals surface area contributed by atoms with Gasteiger partial charge in [0.15, 0.2) is 5.84 Å². The lowest BCUT2D eigenvalue weighted by molar-refractivity contribution is 0.445. The topological polar surface area (TPSA) is 61.1 Å². The zero-order valence-electron chi connectivity index (χ0n) is 44.9. The molecule has 3 atom stereocenters. The van der Waals surface area contributed by atoms with Gasteiger partial charge >= 0.3 is 0 Å². The first-order valence-electron chi connectivity index (χ1n) is 28.0. The summed E-state index contributed by atoms with van der Waals surface area (Å²) in [6, 6.07) is 84.7. The van der Waals surface area contributed by atoms with Gasteiger partial charge in [0.05, 0.1) is 11.2 Å². The quantitative estimate of drug-likeness (QED) is 0.128. The normalized spacial score (nSPS) is 18.7. The summed E-state index contributed by atoms with van der Waals surface area (Å²) in [5.74, 6) is 2.48. The van der Waals surface area contributed by atoms with E-state index in [2.05, 4.69) is 297 Å². The molecule has 2 aliphatic carbocycles. The van der Waals surface area contributed by atoms with Crippen LogP contribution in [0, 0.1) is 0 Å². The lowest BCUT2D eigenvalue weighted by atomic mass is 9.84. The van der Waals surface area contributed by atoms with Crippen LogP contribution in [0.2, 0.25) is 0 Å². The third-order valence-electron chi connectivity index (χ3n) is 15.9. The number of rotatable bonds is 12. The molecule has 13 rings (SSSR count). The first-order valence-corrected chi connectivity index (χ1v) is 28.0. The van der Waals surface area contributed by atoms with Crippen molar-refractivity contribution in [2.75, 3.05) is 0 Å². The Morgan fingerprint density at radius 1 is 0.450 bits per heavy atom. The second-order valence-electron chi connectivity index (χ2n) is 21.4. The highest BCUT2D eigenvalue weighted by molar-refractivity contribution is 6.13. The van der Waals surface area contributed by atoms with Crippen molar-refractivity contribution in [3.8, 4) is 33.4 Å². The molecule has 386 valence electrons. The average molecular weight is 1030 g/mol. The van der Waals surface area contributed by atoms with E-state index >= 15 is 0 Å². The van der Waals surface area contributed by atoms with E-state index < -0.39 is 5.54 Å². The molecule has 5 nitrogen and oxygen atoms in total. The summed E-state index contributed by atoms with van der Waals surface area (Å²) >= 11 is 0. The van der Waals surface area contributed by atoms with Gasteiger partial charge in [0.2, 0.25) is 0 Å². The van der Waals surface area contributed by atoms with Crippen molar-refractivity contribution >= 4 is 34.4 Å². The predicted octanol–water partition coefficient (Wildman–Crippen LogP) is 17.7. The van der Waals surface area contributed by atoms with E-state index in [0.717, 1.165) is 87.6 Å². The number of allylic oxidation sites excluding steroid dienone is 8. The van der Waals surface area contributed by atoms with Gasteiger partial charge in [-0.2, -0.15) is 0 Å². The molecule has 3 unspecified atom stereocenters. The van der Waals surface area contributed by atoms with Crippen LogP contribution in [-0.4, -0.2) is 17.5 Å². The molecule has 0 bridgehead atoms. The molecule has 2 heterocycles. The molecule has 9 aromatic rings. The molecule has 0 spiro atoms. The van der Waals surface area contributed by atoms with Crippen molar-refractivity contribution < 1.29 is 0 Å². The standard InChI is InChI=1S/C75H61N5/c1-75(69-42-20-36-63(51-69)55-27-12-5-13-28-55)44-43-70(64-37-15-29-56(46-64)52-21-6-2-7-22-52)76-74(80-75)68-41-19-35-62(50-68)60-33-14-32-59(45-60)61-34-18-40-67(49-61)73-78-71(65-38-16-30-57(47-65)53-23-8-3-9-24-53)77-72(79-73)66-39-17-31-58(48-66)54-25-10-4-11-26-54/h2-3,5-10,12-43,46-51,60,72H,4,11,44-45H2,1H3,(H,76,80)(H,77,78,79). The number of hydrogen-bond acceptors (Lipinski definition) is 5. The van der Waals surface area contributed by atoms with Crippen LogP contribution in [0.5, 0.6) is 0 Å². The van der Waals surface area contributed by atoms with Crippen LogP contribution in [0.3, 0.4) is 0 Å². The Bertz CT molecular complexity index is 4020. The Hall–Kier alpha value is -9.71. The Labute approximate surface area is 470 Å². The molecular weight excluding hydrogens is 971 g/mol. The molecule has 0 aromatic heterocycles. The number of benzene rings is 9. The zero-order chi connectivity index (χ0) is 53.7. The zero-order valence-corrected chi connectivity index (χ0v) is 44.9. The van der Waals surface area contributed by atoms with Gasteiger partial charge in [0.25, 0.3) is 0 Å². The van der Waals surface area contributed by atoms with E-state index in [4.69, 9.17) is 15.0 Å². The Kier molecular flexibility index (Phi) is 13.9. The molecular formula is C75H61N5. The van der Waals surface area contributed by atoms with Gasteiger partial charge in [-0.1, -0.05) is 243 Å². The summed E-state index contributed by atoms with van der Waals surface area (Å²) < 4.78 is 0. The number of nitrogens with one attached hydrogen (secondary N) is 2. The maximum atomic E-state index is 5.55. The third-order valence-corrected chi connectivity index (χ3v) is 15.9. The molecule has 5 heteroatoms. The molecule has 0 amide bonds. The first kappa shape index (κ1) is 49.8. The van der Waals surface area contributed by atoms with Gasteiger partial charge in [0.1, 0.15) is 17.8 Å². The molecule has 0 saturated heterocycles.